The monoisotopic (exact) mass is 203 g/mol. The zero-order valence-electron chi connectivity index (χ0n) is 8.18. The summed E-state index contributed by atoms with van der Waals surface area (Å²) in [7, 11) is 0. The maximum absolute atomic E-state index is 4.53. The predicted octanol–water partition coefficient (Wildman–Crippen LogP) is 3.44. The Hall–Kier alpha value is -1.15. The first-order valence-electron chi connectivity index (χ1n) is 4.78. The number of nitrogens with zero attached hydrogens (tertiary/aromatic N) is 1. The summed E-state index contributed by atoms with van der Waals surface area (Å²) >= 11 is 1.72. The van der Waals surface area contributed by atoms with Crippen LogP contribution in [0.25, 0.3) is 0 Å². The Bertz CT molecular complexity index is 371. The second-order valence-electron chi connectivity index (χ2n) is 3.34. The van der Waals surface area contributed by atoms with Crippen molar-refractivity contribution >= 4 is 17.6 Å². The van der Waals surface area contributed by atoms with Crippen molar-refractivity contribution in [3.05, 3.63) is 46.2 Å². The minimum absolute atomic E-state index is 0.312. The first-order valence-corrected chi connectivity index (χ1v) is 5.66. The van der Waals surface area contributed by atoms with Gasteiger partial charge in [0.2, 0.25) is 0 Å². The molecule has 0 aliphatic heterocycles. The third kappa shape index (κ3) is 2.20. The minimum Gasteiger partial charge on any atom is -0.284 e. The van der Waals surface area contributed by atoms with Gasteiger partial charge >= 0.3 is 0 Å². The molecule has 0 radical (unpaired) electrons. The molecule has 72 valence electrons. The van der Waals surface area contributed by atoms with Crippen LogP contribution in [0, 0.1) is 0 Å². The van der Waals surface area contributed by atoms with Gasteiger partial charge in [0.15, 0.2) is 0 Å². The van der Waals surface area contributed by atoms with E-state index >= 15 is 0 Å². The molecule has 1 nitrogen and oxygen atoms in total. The molecule has 1 aromatic heterocycles. The third-order valence-corrected chi connectivity index (χ3v) is 3.11. The van der Waals surface area contributed by atoms with Crippen LogP contribution in [0.2, 0.25) is 0 Å². The maximum Gasteiger partial charge on any atom is 0.0687 e. The van der Waals surface area contributed by atoms with E-state index in [1.807, 2.05) is 12.3 Å². The lowest BCUT2D eigenvalue weighted by atomic mass is 10.1. The van der Waals surface area contributed by atoms with Gasteiger partial charge in [0.05, 0.1) is 6.04 Å². The smallest absolute Gasteiger partial charge is 0.0687 e. The summed E-state index contributed by atoms with van der Waals surface area (Å²) < 4.78 is 0. The Morgan fingerprint density at radius 3 is 3.14 bits per heavy atom. The summed E-state index contributed by atoms with van der Waals surface area (Å²) in [5.41, 5.74) is 1.40. The van der Waals surface area contributed by atoms with Crippen molar-refractivity contribution in [2.75, 3.05) is 0 Å². The van der Waals surface area contributed by atoms with E-state index in [1.165, 1.54) is 10.5 Å². The van der Waals surface area contributed by atoms with Gasteiger partial charge in [0.1, 0.15) is 0 Å². The molecule has 1 heterocycles. The summed E-state index contributed by atoms with van der Waals surface area (Å²) in [4.78, 5) is 5.75. The van der Waals surface area contributed by atoms with E-state index in [4.69, 9.17) is 0 Å². The van der Waals surface area contributed by atoms with Crippen molar-refractivity contribution < 1.29 is 0 Å². The van der Waals surface area contributed by atoms with Gasteiger partial charge in [-0.05, 0) is 30.4 Å². The highest BCUT2D eigenvalue weighted by Crippen LogP contribution is 2.17. The van der Waals surface area contributed by atoms with E-state index < -0.39 is 0 Å². The molecule has 0 spiro atoms. The number of aliphatic imine (C=N–C) groups is 1. The first kappa shape index (κ1) is 9.41. The zero-order chi connectivity index (χ0) is 9.80. The highest BCUT2D eigenvalue weighted by molar-refractivity contribution is 7.11. The van der Waals surface area contributed by atoms with Gasteiger partial charge in [-0.1, -0.05) is 24.3 Å². The van der Waals surface area contributed by atoms with Gasteiger partial charge in [0, 0.05) is 11.1 Å². The standard InChI is InChI=1S/C12H13NS/c1-10(11-5-2-3-6-11)13-9-12-7-4-8-14-12/h2-5,7-10H,6H2,1H3/t10-/m0/s1. The molecular formula is C12H13NS. The Morgan fingerprint density at radius 1 is 1.57 bits per heavy atom. The fourth-order valence-corrected chi connectivity index (χ4v) is 2.01. The summed E-state index contributed by atoms with van der Waals surface area (Å²) in [5.74, 6) is 0. The molecule has 14 heavy (non-hydrogen) atoms. The third-order valence-electron chi connectivity index (χ3n) is 2.31. The molecule has 1 atom stereocenters. The average molecular weight is 203 g/mol. The second kappa shape index (κ2) is 4.38. The van der Waals surface area contributed by atoms with Crippen LogP contribution in [-0.2, 0) is 0 Å². The van der Waals surface area contributed by atoms with Gasteiger partial charge in [-0.25, -0.2) is 0 Å². The van der Waals surface area contributed by atoms with Crippen LogP contribution < -0.4 is 0 Å². The van der Waals surface area contributed by atoms with Crippen LogP contribution in [0.3, 0.4) is 0 Å². The topological polar surface area (TPSA) is 12.4 Å². The Kier molecular flexibility index (Phi) is 2.94. The predicted molar refractivity (Wildman–Crippen MR) is 63.2 cm³/mol. The Balaban J connectivity index is 1.97. The van der Waals surface area contributed by atoms with E-state index in [0.717, 1.165) is 6.42 Å². The number of hydrogen-bond acceptors (Lipinski definition) is 2. The van der Waals surface area contributed by atoms with E-state index in [2.05, 4.69) is 41.6 Å². The highest BCUT2D eigenvalue weighted by Gasteiger charge is 2.06. The number of hydrogen-bond donors (Lipinski definition) is 0. The fraction of sp³-hybridized carbons (Fsp3) is 0.250. The van der Waals surface area contributed by atoms with Crippen molar-refractivity contribution in [1.82, 2.24) is 0 Å². The summed E-state index contributed by atoms with van der Waals surface area (Å²) in [5, 5.41) is 2.07. The summed E-state index contributed by atoms with van der Waals surface area (Å²) in [6, 6.07) is 4.45. The average Bonchev–Trinajstić information content (AvgIpc) is 2.87. The summed E-state index contributed by atoms with van der Waals surface area (Å²) in [6.45, 7) is 2.14. The minimum atomic E-state index is 0.312. The molecule has 0 bridgehead atoms. The van der Waals surface area contributed by atoms with Crippen LogP contribution in [0.1, 0.15) is 18.2 Å². The van der Waals surface area contributed by atoms with E-state index in [1.54, 1.807) is 11.3 Å². The largest absolute Gasteiger partial charge is 0.284 e. The molecule has 2 rings (SSSR count). The van der Waals surface area contributed by atoms with Crippen LogP contribution in [0.15, 0.2) is 46.3 Å². The van der Waals surface area contributed by atoms with Crippen molar-refractivity contribution in [2.45, 2.75) is 19.4 Å². The quantitative estimate of drug-likeness (QED) is 0.667. The van der Waals surface area contributed by atoms with Crippen LogP contribution in [0.4, 0.5) is 0 Å². The second-order valence-corrected chi connectivity index (χ2v) is 4.32. The molecule has 0 aromatic carbocycles. The number of allylic oxidation sites excluding steroid dienone is 3. The van der Waals surface area contributed by atoms with Crippen LogP contribution in [-0.4, -0.2) is 12.3 Å². The molecule has 1 aromatic rings. The molecular weight excluding hydrogens is 190 g/mol. The Morgan fingerprint density at radius 2 is 2.50 bits per heavy atom. The lowest BCUT2D eigenvalue weighted by Gasteiger charge is -2.05. The van der Waals surface area contributed by atoms with Gasteiger partial charge in [-0.2, -0.15) is 0 Å². The molecule has 0 fully saturated rings. The SMILES string of the molecule is C[C@H](N=Cc1cccs1)C1=CC=CC1. The molecule has 0 saturated heterocycles. The fourth-order valence-electron chi connectivity index (χ4n) is 1.42. The van der Waals surface area contributed by atoms with Crippen LogP contribution >= 0.6 is 11.3 Å². The van der Waals surface area contributed by atoms with Crippen molar-refractivity contribution in [3.8, 4) is 0 Å². The van der Waals surface area contributed by atoms with Crippen molar-refractivity contribution in [2.24, 2.45) is 4.99 Å². The first-order chi connectivity index (χ1) is 6.86. The number of thiophene rings is 1. The van der Waals surface area contributed by atoms with Gasteiger partial charge in [0.25, 0.3) is 0 Å². The van der Waals surface area contributed by atoms with E-state index in [0.29, 0.717) is 6.04 Å². The molecule has 0 unspecified atom stereocenters. The molecule has 0 amide bonds. The zero-order valence-corrected chi connectivity index (χ0v) is 9.00. The van der Waals surface area contributed by atoms with Crippen LogP contribution in [0.5, 0.6) is 0 Å². The van der Waals surface area contributed by atoms with E-state index in [9.17, 15) is 0 Å². The lowest BCUT2D eigenvalue weighted by Crippen LogP contribution is -2.00. The molecule has 2 heteroatoms. The number of rotatable bonds is 3. The van der Waals surface area contributed by atoms with Gasteiger partial charge in [-0.3, -0.25) is 4.99 Å². The van der Waals surface area contributed by atoms with Gasteiger partial charge < -0.3 is 0 Å². The normalized spacial score (nSPS) is 17.6. The summed E-state index contributed by atoms with van der Waals surface area (Å²) in [6.07, 6.45) is 9.47. The molecule has 0 N–H and O–H groups in total. The molecule has 1 aliphatic rings. The van der Waals surface area contributed by atoms with E-state index in [-0.39, 0.29) is 0 Å². The van der Waals surface area contributed by atoms with Crippen molar-refractivity contribution in [1.29, 1.82) is 0 Å². The lowest BCUT2D eigenvalue weighted by molar-refractivity contribution is 0.848. The molecule has 0 saturated carbocycles. The van der Waals surface area contributed by atoms with Gasteiger partial charge in [-0.15, -0.1) is 11.3 Å². The maximum atomic E-state index is 4.53. The Labute approximate surface area is 88.5 Å². The molecule has 1 aliphatic carbocycles. The van der Waals surface area contributed by atoms with Crippen molar-refractivity contribution in [3.63, 3.8) is 0 Å². The highest BCUT2D eigenvalue weighted by atomic mass is 32.1.